The highest BCUT2D eigenvalue weighted by molar-refractivity contribution is 7.89. The van der Waals surface area contributed by atoms with Gasteiger partial charge in [0, 0.05) is 24.0 Å². The number of hydrogen-bond donors (Lipinski definition) is 3. The standard InChI is InChI=1S/C14H19N3O3S/c15-7-1-2-11-8-14(10-16-9-11)21(19,20)17-12-3-5-13(18)6-4-12/h8-10,12-13,17-18H,3-7,15H2. The van der Waals surface area contributed by atoms with E-state index in [4.69, 9.17) is 5.73 Å². The lowest BCUT2D eigenvalue weighted by Crippen LogP contribution is -2.38. The molecule has 4 N–H and O–H groups in total. The highest BCUT2D eigenvalue weighted by Crippen LogP contribution is 2.20. The first kappa shape index (κ1) is 15.9. The monoisotopic (exact) mass is 309 g/mol. The number of aliphatic hydroxyl groups excluding tert-OH is 1. The number of pyridine rings is 1. The SMILES string of the molecule is NCC#Cc1cncc(S(=O)(=O)NC2CCC(O)CC2)c1. The Morgan fingerprint density at radius 1 is 1.33 bits per heavy atom. The second-order valence-electron chi connectivity index (χ2n) is 5.04. The molecule has 1 aliphatic rings. The van der Waals surface area contributed by atoms with E-state index in [9.17, 15) is 13.5 Å². The number of aliphatic hydroxyl groups is 1. The molecular formula is C14H19N3O3S. The molecule has 0 unspecified atom stereocenters. The van der Waals surface area contributed by atoms with Crippen molar-refractivity contribution in [1.29, 1.82) is 0 Å². The van der Waals surface area contributed by atoms with Gasteiger partial charge in [0.15, 0.2) is 0 Å². The zero-order chi connectivity index (χ0) is 15.3. The van der Waals surface area contributed by atoms with Gasteiger partial charge in [-0.15, -0.1) is 0 Å². The number of rotatable bonds is 3. The van der Waals surface area contributed by atoms with Gasteiger partial charge in [0.05, 0.1) is 12.6 Å². The maximum atomic E-state index is 12.3. The molecule has 0 atom stereocenters. The normalized spacial score (nSPS) is 22.4. The third-order valence-corrected chi connectivity index (χ3v) is 4.86. The lowest BCUT2D eigenvalue weighted by atomic mass is 9.94. The number of nitrogens with zero attached hydrogens (tertiary/aromatic N) is 1. The molecule has 1 fully saturated rings. The summed E-state index contributed by atoms with van der Waals surface area (Å²) < 4.78 is 27.3. The van der Waals surface area contributed by atoms with E-state index in [1.54, 1.807) is 0 Å². The van der Waals surface area contributed by atoms with Crippen LogP contribution >= 0.6 is 0 Å². The highest BCUT2D eigenvalue weighted by Gasteiger charge is 2.25. The molecule has 0 spiro atoms. The summed E-state index contributed by atoms with van der Waals surface area (Å²) in [6.07, 6.45) is 5.00. The van der Waals surface area contributed by atoms with Crippen molar-refractivity contribution in [2.24, 2.45) is 5.73 Å². The van der Waals surface area contributed by atoms with Crippen LogP contribution in [0.5, 0.6) is 0 Å². The van der Waals surface area contributed by atoms with Crippen molar-refractivity contribution in [3.63, 3.8) is 0 Å². The van der Waals surface area contributed by atoms with Gasteiger partial charge in [-0.05, 0) is 31.7 Å². The number of aromatic nitrogens is 1. The summed E-state index contributed by atoms with van der Waals surface area (Å²) in [6.45, 7) is 0.208. The summed E-state index contributed by atoms with van der Waals surface area (Å²) in [5.41, 5.74) is 5.81. The molecule has 0 amide bonds. The van der Waals surface area contributed by atoms with E-state index < -0.39 is 10.0 Å². The van der Waals surface area contributed by atoms with Gasteiger partial charge in [0.1, 0.15) is 4.90 Å². The summed E-state index contributed by atoms with van der Waals surface area (Å²) >= 11 is 0. The van der Waals surface area contributed by atoms with Crippen molar-refractivity contribution in [3.05, 3.63) is 24.0 Å². The molecule has 0 aliphatic heterocycles. The molecule has 1 aromatic rings. The van der Waals surface area contributed by atoms with E-state index in [-0.39, 0.29) is 23.6 Å². The molecule has 21 heavy (non-hydrogen) atoms. The van der Waals surface area contributed by atoms with Crippen LogP contribution in [0.25, 0.3) is 0 Å². The average Bonchev–Trinajstić information content (AvgIpc) is 2.48. The largest absolute Gasteiger partial charge is 0.393 e. The Morgan fingerprint density at radius 2 is 2.05 bits per heavy atom. The summed E-state index contributed by atoms with van der Waals surface area (Å²) in [5.74, 6) is 5.43. The van der Waals surface area contributed by atoms with Crippen molar-refractivity contribution in [2.45, 2.75) is 42.7 Å². The molecule has 6 nitrogen and oxygen atoms in total. The fourth-order valence-electron chi connectivity index (χ4n) is 2.27. The Hall–Kier alpha value is -1.46. The van der Waals surface area contributed by atoms with Gasteiger partial charge >= 0.3 is 0 Å². The molecule has 0 bridgehead atoms. The molecule has 0 aromatic carbocycles. The highest BCUT2D eigenvalue weighted by atomic mass is 32.2. The zero-order valence-electron chi connectivity index (χ0n) is 11.6. The van der Waals surface area contributed by atoms with Crippen LogP contribution in [-0.2, 0) is 10.0 Å². The maximum absolute atomic E-state index is 12.3. The second kappa shape index (κ2) is 7.00. The number of hydrogen-bond acceptors (Lipinski definition) is 5. The Kier molecular flexibility index (Phi) is 5.31. The minimum atomic E-state index is -3.62. The van der Waals surface area contributed by atoms with Crippen molar-refractivity contribution >= 4 is 10.0 Å². The van der Waals surface area contributed by atoms with E-state index in [1.807, 2.05) is 0 Å². The van der Waals surface area contributed by atoms with Gasteiger partial charge in [-0.25, -0.2) is 13.1 Å². The van der Waals surface area contributed by atoms with Crippen LogP contribution in [0, 0.1) is 11.8 Å². The van der Waals surface area contributed by atoms with Crippen molar-refractivity contribution in [2.75, 3.05) is 6.54 Å². The Morgan fingerprint density at radius 3 is 2.71 bits per heavy atom. The van der Waals surface area contributed by atoms with Gasteiger partial charge in [-0.3, -0.25) is 4.98 Å². The molecule has 1 heterocycles. The molecular weight excluding hydrogens is 290 g/mol. The van der Waals surface area contributed by atoms with Crippen LogP contribution < -0.4 is 10.5 Å². The number of nitrogens with one attached hydrogen (secondary N) is 1. The predicted molar refractivity (Wildman–Crippen MR) is 78.8 cm³/mol. The third-order valence-electron chi connectivity index (χ3n) is 3.38. The third kappa shape index (κ3) is 4.51. The first-order chi connectivity index (χ1) is 10.0. The smallest absolute Gasteiger partial charge is 0.242 e. The molecule has 1 aliphatic carbocycles. The van der Waals surface area contributed by atoms with Gasteiger partial charge in [0.2, 0.25) is 10.0 Å². The van der Waals surface area contributed by atoms with E-state index in [2.05, 4.69) is 21.5 Å². The summed E-state index contributed by atoms with van der Waals surface area (Å²) in [5, 5.41) is 9.45. The molecule has 1 saturated carbocycles. The van der Waals surface area contributed by atoms with Crippen LogP contribution in [-0.4, -0.2) is 37.2 Å². The van der Waals surface area contributed by atoms with E-state index >= 15 is 0 Å². The van der Waals surface area contributed by atoms with Crippen LogP contribution in [0.4, 0.5) is 0 Å². The minimum Gasteiger partial charge on any atom is -0.393 e. The van der Waals surface area contributed by atoms with Gasteiger partial charge in [-0.2, -0.15) is 0 Å². The molecule has 0 saturated heterocycles. The average molecular weight is 309 g/mol. The van der Waals surface area contributed by atoms with E-state index in [0.717, 1.165) is 0 Å². The summed E-state index contributed by atoms with van der Waals surface area (Å²) in [4.78, 5) is 4.00. The number of nitrogens with two attached hydrogens (primary N) is 1. The van der Waals surface area contributed by atoms with Crippen LogP contribution in [0.3, 0.4) is 0 Å². The molecule has 0 radical (unpaired) electrons. The Bertz CT molecular complexity index is 641. The van der Waals surface area contributed by atoms with Crippen molar-refractivity contribution in [1.82, 2.24) is 9.71 Å². The molecule has 114 valence electrons. The zero-order valence-corrected chi connectivity index (χ0v) is 12.4. The van der Waals surface area contributed by atoms with Crippen LogP contribution in [0.2, 0.25) is 0 Å². The van der Waals surface area contributed by atoms with E-state index in [0.29, 0.717) is 31.2 Å². The van der Waals surface area contributed by atoms with Crippen molar-refractivity contribution in [3.8, 4) is 11.8 Å². The Labute approximate surface area is 124 Å². The van der Waals surface area contributed by atoms with Crippen LogP contribution in [0.1, 0.15) is 31.2 Å². The molecule has 1 aromatic heterocycles. The topological polar surface area (TPSA) is 105 Å². The fraction of sp³-hybridized carbons (Fsp3) is 0.500. The second-order valence-corrected chi connectivity index (χ2v) is 6.76. The lowest BCUT2D eigenvalue weighted by molar-refractivity contribution is 0.120. The van der Waals surface area contributed by atoms with Gasteiger partial charge in [0.25, 0.3) is 0 Å². The minimum absolute atomic E-state index is 0.0949. The first-order valence-corrected chi connectivity index (χ1v) is 8.34. The summed E-state index contributed by atoms with van der Waals surface area (Å²) in [7, 11) is -3.62. The van der Waals surface area contributed by atoms with E-state index in [1.165, 1.54) is 18.5 Å². The molecule has 2 rings (SSSR count). The quantitative estimate of drug-likeness (QED) is 0.680. The predicted octanol–water partition coefficient (Wildman–Crippen LogP) is -0.0264. The lowest BCUT2D eigenvalue weighted by Gasteiger charge is -2.25. The molecule has 7 heteroatoms. The van der Waals surface area contributed by atoms with Gasteiger partial charge in [-0.1, -0.05) is 11.8 Å². The first-order valence-electron chi connectivity index (χ1n) is 6.85. The van der Waals surface area contributed by atoms with Crippen molar-refractivity contribution < 1.29 is 13.5 Å². The van der Waals surface area contributed by atoms with Gasteiger partial charge < -0.3 is 10.8 Å². The number of sulfonamides is 1. The maximum Gasteiger partial charge on any atom is 0.242 e. The summed E-state index contributed by atoms with van der Waals surface area (Å²) in [6, 6.07) is 1.34. The van der Waals surface area contributed by atoms with Crippen LogP contribution in [0.15, 0.2) is 23.4 Å². The Balaban J connectivity index is 2.12. The fourth-order valence-corrected chi connectivity index (χ4v) is 3.56.